The molecule has 0 aliphatic carbocycles. The average molecular weight is 301 g/mol. The van der Waals surface area contributed by atoms with Gasteiger partial charge in [-0.3, -0.25) is 9.89 Å². The maximum Gasteiger partial charge on any atom is 0.327 e. The first-order valence-electron chi connectivity index (χ1n) is 5.20. The molecule has 0 radical (unpaired) electrons. The monoisotopic (exact) mass is 301 g/mol. The van der Waals surface area contributed by atoms with Crippen molar-refractivity contribution < 1.29 is 18.3 Å². The highest BCUT2D eigenvalue weighted by Gasteiger charge is 2.29. The summed E-state index contributed by atoms with van der Waals surface area (Å²) in [5.41, 5.74) is 0.350. The zero-order valence-electron chi connectivity index (χ0n) is 9.82. The lowest BCUT2D eigenvalue weighted by Gasteiger charge is -2.12. The van der Waals surface area contributed by atoms with Crippen molar-refractivity contribution in [1.29, 1.82) is 0 Å². The summed E-state index contributed by atoms with van der Waals surface area (Å²) in [5.74, 6) is -1.26. The SMILES string of the molecule is Cc1[nH]ncc1S(=O)(=O)NC(C(=O)O)c1cccs1. The lowest BCUT2D eigenvalue weighted by molar-refractivity contribution is -0.139. The van der Waals surface area contributed by atoms with Gasteiger partial charge in [0.05, 0.1) is 11.9 Å². The first-order valence-corrected chi connectivity index (χ1v) is 7.56. The maximum atomic E-state index is 12.1. The van der Waals surface area contributed by atoms with Crippen molar-refractivity contribution in [3.63, 3.8) is 0 Å². The molecule has 0 fully saturated rings. The number of hydrogen-bond acceptors (Lipinski definition) is 5. The highest BCUT2D eigenvalue weighted by molar-refractivity contribution is 7.89. The predicted octanol–water partition coefficient (Wildman–Crippen LogP) is 0.884. The van der Waals surface area contributed by atoms with Crippen molar-refractivity contribution in [2.24, 2.45) is 0 Å². The van der Waals surface area contributed by atoms with Crippen LogP contribution in [0.1, 0.15) is 16.6 Å². The minimum atomic E-state index is -3.94. The van der Waals surface area contributed by atoms with E-state index in [1.807, 2.05) is 0 Å². The van der Waals surface area contributed by atoms with E-state index in [9.17, 15) is 13.2 Å². The minimum absolute atomic E-state index is 0.0599. The van der Waals surface area contributed by atoms with E-state index in [1.165, 1.54) is 11.3 Å². The Bertz CT molecular complexity index is 675. The maximum absolute atomic E-state index is 12.1. The van der Waals surface area contributed by atoms with Gasteiger partial charge in [0.1, 0.15) is 4.90 Å². The number of H-pyrrole nitrogens is 1. The van der Waals surface area contributed by atoms with Crippen LogP contribution in [0, 0.1) is 6.92 Å². The number of rotatable bonds is 5. The van der Waals surface area contributed by atoms with Crippen LogP contribution in [0.25, 0.3) is 0 Å². The van der Waals surface area contributed by atoms with Crippen molar-refractivity contribution in [3.8, 4) is 0 Å². The fraction of sp³-hybridized carbons (Fsp3) is 0.200. The zero-order valence-corrected chi connectivity index (χ0v) is 11.5. The number of nitrogens with zero attached hydrogens (tertiary/aromatic N) is 1. The number of carbonyl (C=O) groups is 1. The van der Waals surface area contributed by atoms with Gasteiger partial charge in [0, 0.05) is 4.88 Å². The van der Waals surface area contributed by atoms with Crippen LogP contribution in [0.3, 0.4) is 0 Å². The summed E-state index contributed by atoms with van der Waals surface area (Å²) in [7, 11) is -3.94. The van der Waals surface area contributed by atoms with Gasteiger partial charge in [0.15, 0.2) is 6.04 Å². The topological polar surface area (TPSA) is 112 Å². The second-order valence-electron chi connectivity index (χ2n) is 3.77. The van der Waals surface area contributed by atoms with Gasteiger partial charge in [0.25, 0.3) is 0 Å². The molecule has 0 saturated carbocycles. The van der Waals surface area contributed by atoms with Crippen LogP contribution in [0.5, 0.6) is 0 Å². The van der Waals surface area contributed by atoms with Gasteiger partial charge >= 0.3 is 5.97 Å². The number of sulfonamides is 1. The highest BCUT2D eigenvalue weighted by atomic mass is 32.2. The molecule has 2 rings (SSSR count). The number of carboxylic acid groups (broad SMARTS) is 1. The Balaban J connectivity index is 2.33. The molecule has 0 aromatic carbocycles. The van der Waals surface area contributed by atoms with Crippen molar-refractivity contribution in [2.45, 2.75) is 17.9 Å². The van der Waals surface area contributed by atoms with E-state index in [-0.39, 0.29) is 4.90 Å². The smallest absolute Gasteiger partial charge is 0.327 e. The number of aromatic nitrogens is 2. The summed E-state index contributed by atoms with van der Waals surface area (Å²) in [6.07, 6.45) is 1.14. The second-order valence-corrected chi connectivity index (χ2v) is 6.43. The number of nitrogens with one attached hydrogen (secondary N) is 2. The lowest BCUT2D eigenvalue weighted by atomic mass is 10.3. The van der Waals surface area contributed by atoms with E-state index >= 15 is 0 Å². The van der Waals surface area contributed by atoms with E-state index in [2.05, 4.69) is 14.9 Å². The fourth-order valence-corrected chi connectivity index (χ4v) is 3.66. The summed E-state index contributed by atoms with van der Waals surface area (Å²) in [4.78, 5) is 11.5. The molecule has 2 heterocycles. The molecule has 102 valence electrons. The first-order chi connectivity index (χ1) is 8.92. The van der Waals surface area contributed by atoms with Crippen LogP contribution in [0.15, 0.2) is 28.6 Å². The van der Waals surface area contributed by atoms with Gasteiger partial charge in [-0.05, 0) is 18.4 Å². The predicted molar refractivity (Wildman–Crippen MR) is 68.3 cm³/mol. The summed E-state index contributed by atoms with van der Waals surface area (Å²) in [5, 5.41) is 16.9. The molecule has 0 spiro atoms. The molecule has 2 aromatic heterocycles. The Morgan fingerprint density at radius 2 is 2.32 bits per heavy atom. The van der Waals surface area contributed by atoms with E-state index in [4.69, 9.17) is 5.11 Å². The van der Waals surface area contributed by atoms with Gasteiger partial charge in [0.2, 0.25) is 10.0 Å². The zero-order chi connectivity index (χ0) is 14.0. The average Bonchev–Trinajstić information content (AvgIpc) is 2.96. The Kier molecular flexibility index (Phi) is 3.69. The number of aromatic amines is 1. The number of aliphatic carboxylic acids is 1. The summed E-state index contributed by atoms with van der Waals surface area (Å²) in [6, 6.07) is 1.92. The molecule has 9 heteroatoms. The fourth-order valence-electron chi connectivity index (χ4n) is 1.51. The van der Waals surface area contributed by atoms with Crippen LogP contribution >= 0.6 is 11.3 Å². The molecule has 0 aliphatic rings. The van der Waals surface area contributed by atoms with Gasteiger partial charge in [-0.1, -0.05) is 6.07 Å². The van der Waals surface area contributed by atoms with Gasteiger partial charge in [-0.15, -0.1) is 11.3 Å². The number of hydrogen-bond donors (Lipinski definition) is 3. The molecule has 0 bridgehead atoms. The minimum Gasteiger partial charge on any atom is -0.480 e. The Labute approximate surface area is 113 Å². The first kappa shape index (κ1) is 13.7. The molecule has 0 saturated heterocycles. The lowest BCUT2D eigenvalue weighted by Crippen LogP contribution is -2.33. The van der Waals surface area contributed by atoms with Gasteiger partial charge < -0.3 is 5.11 Å². The summed E-state index contributed by atoms with van der Waals surface area (Å²) >= 11 is 1.17. The van der Waals surface area contributed by atoms with E-state index in [0.29, 0.717) is 10.6 Å². The van der Waals surface area contributed by atoms with E-state index in [1.54, 1.807) is 24.4 Å². The third-order valence-corrected chi connectivity index (χ3v) is 4.89. The molecule has 1 atom stereocenters. The molecule has 1 unspecified atom stereocenters. The van der Waals surface area contributed by atoms with Crippen LogP contribution in [0.2, 0.25) is 0 Å². The van der Waals surface area contributed by atoms with E-state index < -0.39 is 22.0 Å². The van der Waals surface area contributed by atoms with Crippen LogP contribution in [-0.2, 0) is 14.8 Å². The summed E-state index contributed by atoms with van der Waals surface area (Å²) < 4.78 is 26.4. The number of thiophene rings is 1. The molecule has 19 heavy (non-hydrogen) atoms. The third kappa shape index (κ3) is 2.83. The van der Waals surface area contributed by atoms with Crippen molar-refractivity contribution in [2.75, 3.05) is 0 Å². The normalized spacial score (nSPS) is 13.3. The van der Waals surface area contributed by atoms with E-state index in [0.717, 1.165) is 6.20 Å². The van der Waals surface area contributed by atoms with Crippen LogP contribution < -0.4 is 4.72 Å². The summed E-state index contributed by atoms with van der Waals surface area (Å²) in [6.45, 7) is 1.54. The molecule has 7 nitrogen and oxygen atoms in total. The van der Waals surface area contributed by atoms with Crippen molar-refractivity contribution >= 4 is 27.3 Å². The molecule has 3 N–H and O–H groups in total. The van der Waals surface area contributed by atoms with Crippen LogP contribution in [-0.4, -0.2) is 29.7 Å². The molecular formula is C10H11N3O4S2. The second kappa shape index (κ2) is 5.11. The Hall–Kier alpha value is -1.71. The van der Waals surface area contributed by atoms with Crippen molar-refractivity contribution in [3.05, 3.63) is 34.3 Å². The standard InChI is InChI=1S/C10H11N3O4S2/c1-6-8(5-11-12-6)19(16,17)13-9(10(14)15)7-3-2-4-18-7/h2-5,9,13H,1H3,(H,11,12)(H,14,15). The Morgan fingerprint density at radius 3 is 2.79 bits per heavy atom. The Morgan fingerprint density at radius 1 is 1.58 bits per heavy atom. The quantitative estimate of drug-likeness (QED) is 0.759. The largest absolute Gasteiger partial charge is 0.480 e. The molecule has 2 aromatic rings. The van der Waals surface area contributed by atoms with Gasteiger partial charge in [-0.25, -0.2) is 8.42 Å². The highest BCUT2D eigenvalue weighted by Crippen LogP contribution is 2.22. The molecule has 0 amide bonds. The number of carboxylic acids is 1. The molecular weight excluding hydrogens is 290 g/mol. The third-order valence-electron chi connectivity index (χ3n) is 2.42. The van der Waals surface area contributed by atoms with Gasteiger partial charge in [-0.2, -0.15) is 9.82 Å². The van der Waals surface area contributed by atoms with Crippen molar-refractivity contribution in [1.82, 2.24) is 14.9 Å². The molecule has 0 aliphatic heterocycles. The van der Waals surface area contributed by atoms with Crippen LogP contribution in [0.4, 0.5) is 0 Å². The number of aryl methyl sites for hydroxylation is 1.